The number of benzene rings is 3. The zero-order valence-corrected chi connectivity index (χ0v) is 19.1. The molecule has 0 spiro atoms. The van der Waals surface area contributed by atoms with Gasteiger partial charge in [-0.25, -0.2) is 14.9 Å². The molecule has 0 aliphatic carbocycles. The molecule has 33 heavy (non-hydrogen) atoms. The Labute approximate surface area is 196 Å². The monoisotopic (exact) mass is 454 g/mol. The van der Waals surface area contributed by atoms with Crippen LogP contribution >= 0.6 is 11.8 Å². The Morgan fingerprint density at radius 2 is 1.79 bits per heavy atom. The SMILES string of the molecule is Cc1ccc(NC(=O)CSC2=Nc3ccccc3C3=NC(c4ccccc4)C(=O)N23)c(C)c1. The van der Waals surface area contributed by atoms with Crippen LogP contribution in [0.3, 0.4) is 0 Å². The molecule has 0 saturated carbocycles. The van der Waals surface area contributed by atoms with Crippen LogP contribution in [0.2, 0.25) is 0 Å². The van der Waals surface area contributed by atoms with Gasteiger partial charge in [-0.15, -0.1) is 0 Å². The van der Waals surface area contributed by atoms with Gasteiger partial charge < -0.3 is 5.32 Å². The van der Waals surface area contributed by atoms with E-state index in [2.05, 4.69) is 5.32 Å². The van der Waals surface area contributed by atoms with Gasteiger partial charge >= 0.3 is 0 Å². The molecule has 2 amide bonds. The highest BCUT2D eigenvalue weighted by molar-refractivity contribution is 8.14. The molecule has 0 fully saturated rings. The van der Waals surface area contributed by atoms with Gasteiger partial charge in [-0.1, -0.05) is 71.9 Å². The minimum Gasteiger partial charge on any atom is -0.325 e. The standard InChI is InChI=1S/C26H22N4O2S/c1-16-12-13-20(17(2)14-16)27-22(31)15-33-26-28-21-11-7-6-10-19(21)24-29-23(25(32)30(24)26)18-8-4-3-5-9-18/h3-14,23H,15H2,1-2H3,(H,27,31). The summed E-state index contributed by atoms with van der Waals surface area (Å²) in [4.78, 5) is 37.1. The van der Waals surface area contributed by atoms with Crippen molar-refractivity contribution in [2.24, 2.45) is 9.98 Å². The summed E-state index contributed by atoms with van der Waals surface area (Å²) in [5, 5.41) is 3.42. The van der Waals surface area contributed by atoms with Crippen molar-refractivity contribution >= 4 is 46.0 Å². The van der Waals surface area contributed by atoms with Crippen LogP contribution in [0.4, 0.5) is 11.4 Å². The van der Waals surface area contributed by atoms with E-state index >= 15 is 0 Å². The number of amides is 2. The predicted octanol–water partition coefficient (Wildman–Crippen LogP) is 5.01. The lowest BCUT2D eigenvalue weighted by molar-refractivity contribution is -0.124. The van der Waals surface area contributed by atoms with Gasteiger partial charge in [0.1, 0.15) is 5.84 Å². The van der Waals surface area contributed by atoms with Crippen LogP contribution in [-0.4, -0.2) is 33.5 Å². The molecule has 0 aromatic heterocycles. The maximum Gasteiger partial charge on any atom is 0.263 e. The Kier molecular flexibility index (Phi) is 5.56. The van der Waals surface area contributed by atoms with Crippen molar-refractivity contribution < 1.29 is 9.59 Å². The first-order valence-electron chi connectivity index (χ1n) is 10.7. The molecular weight excluding hydrogens is 432 g/mol. The van der Waals surface area contributed by atoms with E-state index < -0.39 is 6.04 Å². The highest BCUT2D eigenvalue weighted by atomic mass is 32.2. The number of amidine groups is 2. The molecule has 2 aliphatic rings. The molecule has 1 N–H and O–H groups in total. The van der Waals surface area contributed by atoms with Crippen LogP contribution in [0, 0.1) is 13.8 Å². The second-order valence-corrected chi connectivity index (χ2v) is 8.95. The number of thioether (sulfide) groups is 1. The van der Waals surface area contributed by atoms with Crippen LogP contribution in [-0.2, 0) is 9.59 Å². The second kappa shape index (κ2) is 8.67. The lowest BCUT2D eigenvalue weighted by Gasteiger charge is -2.25. The topological polar surface area (TPSA) is 74.1 Å². The quantitative estimate of drug-likeness (QED) is 0.602. The zero-order chi connectivity index (χ0) is 22.9. The number of aliphatic imine (C=N–C) groups is 2. The third-order valence-electron chi connectivity index (χ3n) is 5.57. The number of hydrogen-bond donors (Lipinski definition) is 1. The van der Waals surface area contributed by atoms with Gasteiger partial charge in [0, 0.05) is 11.3 Å². The number of anilines is 1. The van der Waals surface area contributed by atoms with E-state index in [9.17, 15) is 9.59 Å². The lowest BCUT2D eigenvalue weighted by atomic mass is 10.1. The van der Waals surface area contributed by atoms with Crippen LogP contribution in [0.5, 0.6) is 0 Å². The van der Waals surface area contributed by atoms with Gasteiger partial charge in [0.05, 0.1) is 11.4 Å². The summed E-state index contributed by atoms with van der Waals surface area (Å²) < 4.78 is 0. The normalized spacial score (nSPS) is 16.6. The second-order valence-electron chi connectivity index (χ2n) is 8.01. The minimum absolute atomic E-state index is 0.126. The van der Waals surface area contributed by atoms with Crippen molar-refractivity contribution in [2.75, 3.05) is 11.1 Å². The van der Waals surface area contributed by atoms with Crippen LogP contribution in [0.25, 0.3) is 0 Å². The van der Waals surface area contributed by atoms with Crippen LogP contribution < -0.4 is 5.32 Å². The molecule has 0 bridgehead atoms. The summed E-state index contributed by atoms with van der Waals surface area (Å²) in [6.07, 6.45) is 0. The van der Waals surface area contributed by atoms with Crippen molar-refractivity contribution in [3.63, 3.8) is 0 Å². The van der Waals surface area contributed by atoms with Gasteiger partial charge in [0.25, 0.3) is 5.91 Å². The molecular formula is C26H22N4O2S. The third-order valence-corrected chi connectivity index (χ3v) is 6.51. The summed E-state index contributed by atoms with van der Waals surface area (Å²) in [6, 6.07) is 22.4. The average molecular weight is 455 g/mol. The van der Waals surface area contributed by atoms with Crippen LogP contribution in [0.15, 0.2) is 82.8 Å². The molecule has 164 valence electrons. The first-order chi connectivity index (χ1) is 16.0. The molecule has 2 aliphatic heterocycles. The van der Waals surface area contributed by atoms with Crippen molar-refractivity contribution in [3.8, 4) is 0 Å². The number of rotatable bonds is 4. The number of nitrogens with zero attached hydrogens (tertiary/aromatic N) is 3. The lowest BCUT2D eigenvalue weighted by Crippen LogP contribution is -2.40. The Hall–Kier alpha value is -3.71. The van der Waals surface area contributed by atoms with Gasteiger partial charge in [0.15, 0.2) is 11.2 Å². The van der Waals surface area contributed by atoms with Crippen molar-refractivity contribution in [1.82, 2.24) is 4.90 Å². The van der Waals surface area contributed by atoms with E-state index in [1.165, 1.54) is 11.8 Å². The Morgan fingerprint density at radius 3 is 2.58 bits per heavy atom. The molecule has 1 unspecified atom stereocenters. The summed E-state index contributed by atoms with van der Waals surface area (Å²) >= 11 is 1.24. The maximum atomic E-state index is 13.4. The van der Waals surface area contributed by atoms with E-state index in [4.69, 9.17) is 9.98 Å². The maximum absolute atomic E-state index is 13.4. The molecule has 5 rings (SSSR count). The number of fused-ring (bicyclic) bond motifs is 3. The number of aryl methyl sites for hydroxylation is 2. The Balaban J connectivity index is 1.40. The highest BCUT2D eigenvalue weighted by Gasteiger charge is 2.42. The molecule has 2 heterocycles. The van der Waals surface area contributed by atoms with Crippen molar-refractivity contribution in [3.05, 3.63) is 95.1 Å². The van der Waals surface area contributed by atoms with E-state index in [0.29, 0.717) is 11.0 Å². The van der Waals surface area contributed by atoms with E-state index in [1.807, 2.05) is 86.6 Å². The smallest absolute Gasteiger partial charge is 0.263 e. The minimum atomic E-state index is -0.623. The number of carbonyl (C=O) groups excluding carboxylic acids is 2. The largest absolute Gasteiger partial charge is 0.325 e. The van der Waals surface area contributed by atoms with E-state index in [1.54, 1.807) is 4.90 Å². The molecule has 1 atom stereocenters. The number of hydrogen-bond acceptors (Lipinski definition) is 5. The van der Waals surface area contributed by atoms with E-state index in [0.717, 1.165) is 33.6 Å². The zero-order valence-electron chi connectivity index (χ0n) is 18.3. The fourth-order valence-corrected chi connectivity index (χ4v) is 4.77. The van der Waals surface area contributed by atoms with Gasteiger partial charge in [-0.3, -0.25) is 9.59 Å². The Bertz CT molecular complexity index is 1320. The summed E-state index contributed by atoms with van der Waals surface area (Å²) in [7, 11) is 0. The molecule has 3 aromatic carbocycles. The summed E-state index contributed by atoms with van der Waals surface area (Å²) in [6.45, 7) is 3.98. The van der Waals surface area contributed by atoms with Crippen molar-refractivity contribution in [1.29, 1.82) is 0 Å². The Morgan fingerprint density at radius 1 is 1.03 bits per heavy atom. The van der Waals surface area contributed by atoms with Gasteiger partial charge in [0.2, 0.25) is 5.91 Å². The third kappa shape index (κ3) is 4.07. The van der Waals surface area contributed by atoms with Crippen molar-refractivity contribution in [2.45, 2.75) is 19.9 Å². The number of para-hydroxylation sites is 1. The van der Waals surface area contributed by atoms with E-state index in [-0.39, 0.29) is 17.6 Å². The molecule has 3 aromatic rings. The first-order valence-corrected chi connectivity index (χ1v) is 11.6. The molecule has 0 radical (unpaired) electrons. The summed E-state index contributed by atoms with van der Waals surface area (Å²) in [5.74, 6) is 0.392. The molecule has 7 heteroatoms. The van der Waals surface area contributed by atoms with Crippen LogP contribution in [0.1, 0.15) is 28.3 Å². The molecule has 0 saturated heterocycles. The molecule has 6 nitrogen and oxygen atoms in total. The number of nitrogens with one attached hydrogen (secondary N) is 1. The fourth-order valence-electron chi connectivity index (χ4n) is 3.97. The summed E-state index contributed by atoms with van der Waals surface area (Å²) in [5.41, 5.74) is 5.32. The first kappa shape index (κ1) is 21.2. The predicted molar refractivity (Wildman–Crippen MR) is 133 cm³/mol. The van der Waals surface area contributed by atoms with Gasteiger partial charge in [-0.2, -0.15) is 0 Å². The fraction of sp³-hybridized carbons (Fsp3) is 0.154. The average Bonchev–Trinajstić information content (AvgIpc) is 3.17. The van der Waals surface area contributed by atoms with Gasteiger partial charge in [-0.05, 0) is 43.2 Å². The number of carbonyl (C=O) groups is 2. The highest BCUT2D eigenvalue weighted by Crippen LogP contribution is 2.37.